The lowest BCUT2D eigenvalue weighted by Gasteiger charge is -2.42. The molecule has 1 aliphatic rings. The fraction of sp³-hybridized carbons (Fsp3) is 0.462. The fourth-order valence-corrected chi connectivity index (χ4v) is 2.33. The van der Waals surface area contributed by atoms with E-state index in [1.165, 1.54) is 0 Å². The summed E-state index contributed by atoms with van der Waals surface area (Å²) in [6, 6.07) is 10.1. The first-order valence-electron chi connectivity index (χ1n) is 5.51. The maximum atomic E-state index is 9.20. The molecule has 84 valence electrons. The lowest BCUT2D eigenvalue weighted by atomic mass is 9.70. The van der Waals surface area contributed by atoms with Gasteiger partial charge in [-0.3, -0.25) is 0 Å². The van der Waals surface area contributed by atoms with Gasteiger partial charge in [0.2, 0.25) is 0 Å². The Bertz CT molecular complexity index is 416. The van der Waals surface area contributed by atoms with Crippen molar-refractivity contribution in [2.75, 3.05) is 12.4 Å². The smallest absolute Gasteiger partial charge is 0.125 e. The first-order valence-corrected chi connectivity index (χ1v) is 5.51. The van der Waals surface area contributed by atoms with E-state index >= 15 is 0 Å². The fourth-order valence-electron chi connectivity index (χ4n) is 2.33. The maximum absolute atomic E-state index is 9.20. The van der Waals surface area contributed by atoms with Crippen LogP contribution in [-0.4, -0.2) is 12.6 Å². The number of methoxy groups -OCH3 is 1. The highest BCUT2D eigenvalue weighted by molar-refractivity contribution is 5.52. The number of hydrogen-bond donors (Lipinski definition) is 1. The van der Waals surface area contributed by atoms with Crippen LogP contribution in [0.25, 0.3) is 0 Å². The quantitative estimate of drug-likeness (QED) is 0.845. The second kappa shape index (κ2) is 4.05. The Morgan fingerprint density at radius 3 is 2.81 bits per heavy atom. The molecule has 0 saturated heterocycles. The van der Waals surface area contributed by atoms with Gasteiger partial charge >= 0.3 is 0 Å². The molecule has 0 heterocycles. The first kappa shape index (κ1) is 10.8. The Labute approximate surface area is 96.0 Å². The second-order valence-electron chi connectivity index (χ2n) is 4.56. The average Bonchev–Trinajstić information content (AvgIpc) is 2.27. The molecule has 1 aromatic carbocycles. The molecule has 1 N–H and O–H groups in total. The van der Waals surface area contributed by atoms with Crippen LogP contribution in [0.3, 0.4) is 0 Å². The van der Waals surface area contributed by atoms with E-state index in [2.05, 4.69) is 18.3 Å². The number of nitrogens with one attached hydrogen (secondary N) is 1. The highest BCUT2D eigenvalue weighted by Gasteiger charge is 2.42. The Morgan fingerprint density at radius 2 is 2.25 bits per heavy atom. The van der Waals surface area contributed by atoms with Gasteiger partial charge in [0.1, 0.15) is 11.3 Å². The molecule has 2 rings (SSSR count). The van der Waals surface area contributed by atoms with Gasteiger partial charge in [-0.15, -0.1) is 0 Å². The molecule has 0 bridgehead atoms. The topological polar surface area (TPSA) is 45.0 Å². The molecular formula is C13H16N2O. The van der Waals surface area contributed by atoms with Crippen LogP contribution < -0.4 is 10.1 Å². The largest absolute Gasteiger partial charge is 0.497 e. The third kappa shape index (κ3) is 1.96. The van der Waals surface area contributed by atoms with Gasteiger partial charge in [0.15, 0.2) is 0 Å². The van der Waals surface area contributed by atoms with E-state index in [9.17, 15) is 5.26 Å². The van der Waals surface area contributed by atoms with Crippen LogP contribution in [0.4, 0.5) is 5.69 Å². The van der Waals surface area contributed by atoms with Gasteiger partial charge in [0.25, 0.3) is 0 Å². The van der Waals surface area contributed by atoms with Crippen molar-refractivity contribution in [3.05, 3.63) is 24.3 Å². The zero-order valence-corrected chi connectivity index (χ0v) is 9.66. The van der Waals surface area contributed by atoms with E-state index in [0.29, 0.717) is 5.92 Å². The van der Waals surface area contributed by atoms with Crippen LogP contribution >= 0.6 is 0 Å². The van der Waals surface area contributed by atoms with Crippen molar-refractivity contribution in [3.63, 3.8) is 0 Å². The maximum Gasteiger partial charge on any atom is 0.125 e. The molecular weight excluding hydrogens is 200 g/mol. The molecule has 0 aromatic heterocycles. The summed E-state index contributed by atoms with van der Waals surface area (Å²) in [6.45, 7) is 2.17. The summed E-state index contributed by atoms with van der Waals surface area (Å²) in [6.07, 6.45) is 1.83. The zero-order chi connectivity index (χ0) is 11.6. The Morgan fingerprint density at radius 1 is 1.50 bits per heavy atom. The van der Waals surface area contributed by atoms with E-state index in [4.69, 9.17) is 4.74 Å². The number of hydrogen-bond acceptors (Lipinski definition) is 3. The number of nitrogens with zero attached hydrogens (tertiary/aromatic N) is 1. The summed E-state index contributed by atoms with van der Waals surface area (Å²) >= 11 is 0. The molecule has 3 nitrogen and oxygen atoms in total. The van der Waals surface area contributed by atoms with Gasteiger partial charge in [0, 0.05) is 11.8 Å². The van der Waals surface area contributed by atoms with Crippen molar-refractivity contribution >= 4 is 5.69 Å². The first-order chi connectivity index (χ1) is 7.67. The van der Waals surface area contributed by atoms with Crippen molar-refractivity contribution in [2.45, 2.75) is 25.3 Å². The lowest BCUT2D eigenvalue weighted by molar-refractivity contribution is 0.243. The van der Waals surface area contributed by atoms with E-state index < -0.39 is 0 Å². The summed E-state index contributed by atoms with van der Waals surface area (Å²) in [5.74, 6) is 1.45. The molecule has 1 saturated carbocycles. The summed E-state index contributed by atoms with van der Waals surface area (Å²) in [4.78, 5) is 0. The predicted octanol–water partition coefficient (Wildman–Crippen LogP) is 2.80. The van der Waals surface area contributed by atoms with Crippen LogP contribution in [0.2, 0.25) is 0 Å². The number of ether oxygens (including phenoxy) is 1. The molecule has 0 unspecified atom stereocenters. The van der Waals surface area contributed by atoms with Crippen LogP contribution in [0, 0.1) is 17.2 Å². The summed E-state index contributed by atoms with van der Waals surface area (Å²) in [5.41, 5.74) is 0.582. The summed E-state index contributed by atoms with van der Waals surface area (Å²) in [7, 11) is 1.64. The molecule has 0 atom stereocenters. The highest BCUT2D eigenvalue weighted by atomic mass is 16.5. The van der Waals surface area contributed by atoms with Crippen LogP contribution in [0.1, 0.15) is 19.8 Å². The molecule has 1 aliphatic carbocycles. The minimum absolute atomic E-state index is 0.369. The van der Waals surface area contributed by atoms with Gasteiger partial charge in [-0.25, -0.2) is 0 Å². The molecule has 0 amide bonds. The molecule has 0 spiro atoms. The van der Waals surface area contributed by atoms with Crippen molar-refractivity contribution in [1.82, 2.24) is 0 Å². The van der Waals surface area contributed by atoms with Crippen LogP contribution in [0.5, 0.6) is 5.75 Å². The average molecular weight is 216 g/mol. The molecule has 1 aromatic rings. The van der Waals surface area contributed by atoms with Crippen molar-refractivity contribution in [1.29, 1.82) is 5.26 Å². The van der Waals surface area contributed by atoms with Gasteiger partial charge < -0.3 is 10.1 Å². The van der Waals surface area contributed by atoms with Gasteiger partial charge in [-0.1, -0.05) is 13.0 Å². The predicted molar refractivity (Wildman–Crippen MR) is 63.4 cm³/mol. The van der Waals surface area contributed by atoms with Crippen LogP contribution in [0.15, 0.2) is 24.3 Å². The minimum Gasteiger partial charge on any atom is -0.497 e. The van der Waals surface area contributed by atoms with E-state index in [0.717, 1.165) is 24.3 Å². The lowest BCUT2D eigenvalue weighted by Crippen LogP contribution is -2.48. The van der Waals surface area contributed by atoms with Crippen molar-refractivity contribution in [3.8, 4) is 11.8 Å². The summed E-state index contributed by atoms with van der Waals surface area (Å²) < 4.78 is 5.15. The Kier molecular flexibility index (Phi) is 2.74. The van der Waals surface area contributed by atoms with Crippen LogP contribution in [-0.2, 0) is 0 Å². The van der Waals surface area contributed by atoms with E-state index in [1.54, 1.807) is 7.11 Å². The van der Waals surface area contributed by atoms with E-state index in [-0.39, 0.29) is 5.54 Å². The number of anilines is 1. The Hall–Kier alpha value is -1.69. The zero-order valence-electron chi connectivity index (χ0n) is 9.66. The van der Waals surface area contributed by atoms with Gasteiger partial charge in [0.05, 0.1) is 13.2 Å². The molecule has 0 aliphatic heterocycles. The minimum atomic E-state index is -0.369. The number of benzene rings is 1. The third-order valence-electron chi connectivity index (χ3n) is 3.06. The second-order valence-corrected chi connectivity index (χ2v) is 4.56. The third-order valence-corrected chi connectivity index (χ3v) is 3.06. The van der Waals surface area contributed by atoms with Crippen molar-refractivity contribution in [2.24, 2.45) is 5.92 Å². The van der Waals surface area contributed by atoms with E-state index in [1.807, 2.05) is 24.3 Å². The number of nitriles is 1. The Balaban J connectivity index is 2.11. The highest BCUT2D eigenvalue weighted by Crippen LogP contribution is 2.39. The standard InChI is InChI=1S/C13H16N2O/c1-10-7-13(8-10,9-14)15-11-4-3-5-12(6-11)16-2/h3-6,10,15H,7-8H2,1-2H3. The van der Waals surface area contributed by atoms with Crippen molar-refractivity contribution < 1.29 is 4.74 Å². The number of rotatable bonds is 3. The SMILES string of the molecule is COc1cccc(NC2(C#N)CC(C)C2)c1. The molecule has 0 radical (unpaired) electrons. The molecule has 3 heteroatoms. The molecule has 1 fully saturated rings. The normalized spacial score (nSPS) is 27.7. The monoisotopic (exact) mass is 216 g/mol. The summed E-state index contributed by atoms with van der Waals surface area (Å²) in [5, 5.41) is 12.5. The van der Waals surface area contributed by atoms with Gasteiger partial charge in [-0.2, -0.15) is 5.26 Å². The molecule has 16 heavy (non-hydrogen) atoms. The van der Waals surface area contributed by atoms with Gasteiger partial charge in [-0.05, 0) is 30.9 Å².